The zero-order valence-corrected chi connectivity index (χ0v) is 12.5. The Hall–Kier alpha value is -2.09. The van der Waals surface area contributed by atoms with Crippen molar-refractivity contribution < 1.29 is 27.4 Å². The molecule has 1 aromatic carbocycles. The van der Waals surface area contributed by atoms with E-state index in [9.17, 15) is 18.0 Å². The van der Waals surface area contributed by atoms with E-state index in [4.69, 9.17) is 4.74 Å². The van der Waals surface area contributed by atoms with Crippen LogP contribution in [0.3, 0.4) is 0 Å². The molecule has 0 saturated heterocycles. The molecule has 0 fully saturated rings. The molecule has 0 saturated carbocycles. The van der Waals surface area contributed by atoms with Crippen LogP contribution in [-0.4, -0.2) is 24.2 Å². The number of aromatic nitrogens is 1. The Labute approximate surface area is 128 Å². The minimum absolute atomic E-state index is 0.00308. The van der Waals surface area contributed by atoms with Gasteiger partial charge in [0.25, 0.3) is 0 Å². The van der Waals surface area contributed by atoms with E-state index in [0.717, 1.165) is 11.3 Å². The standard InChI is InChI=1S/C14H12F3NO3S/c1-8-7-22-12(18-8)11(14(15,16)17)21-13(19)9-3-5-10(20-2)6-4-9/h3-7,11H,1-2H3/t11-/m0/s1. The number of rotatable bonds is 4. The van der Waals surface area contributed by atoms with Gasteiger partial charge in [0.1, 0.15) is 10.8 Å². The van der Waals surface area contributed by atoms with Gasteiger partial charge in [0.2, 0.25) is 6.10 Å². The maximum atomic E-state index is 13.1. The number of benzene rings is 1. The van der Waals surface area contributed by atoms with Crippen molar-refractivity contribution >= 4 is 17.3 Å². The molecule has 0 amide bonds. The molecule has 8 heteroatoms. The Morgan fingerprint density at radius 2 is 1.91 bits per heavy atom. The van der Waals surface area contributed by atoms with E-state index in [-0.39, 0.29) is 10.6 Å². The van der Waals surface area contributed by atoms with Crippen molar-refractivity contribution in [2.75, 3.05) is 7.11 Å². The summed E-state index contributed by atoms with van der Waals surface area (Å²) in [6.45, 7) is 1.57. The predicted octanol–water partition coefficient (Wildman–Crippen LogP) is 3.92. The van der Waals surface area contributed by atoms with Gasteiger partial charge in [-0.05, 0) is 31.2 Å². The summed E-state index contributed by atoms with van der Waals surface area (Å²) in [4.78, 5) is 15.6. The molecule has 0 aliphatic heterocycles. The zero-order valence-electron chi connectivity index (χ0n) is 11.7. The van der Waals surface area contributed by atoms with Crippen LogP contribution in [0.25, 0.3) is 0 Å². The Kier molecular flexibility index (Phi) is 4.70. The first-order valence-electron chi connectivity index (χ1n) is 6.15. The van der Waals surface area contributed by atoms with Crippen LogP contribution in [0.15, 0.2) is 29.6 Å². The van der Waals surface area contributed by atoms with Crippen LogP contribution in [0.2, 0.25) is 0 Å². The fraction of sp³-hybridized carbons (Fsp3) is 0.286. The number of methoxy groups -OCH3 is 1. The van der Waals surface area contributed by atoms with Gasteiger partial charge in [0, 0.05) is 11.1 Å². The highest BCUT2D eigenvalue weighted by molar-refractivity contribution is 7.09. The van der Waals surface area contributed by atoms with Crippen LogP contribution in [0.5, 0.6) is 5.75 Å². The highest BCUT2D eigenvalue weighted by Gasteiger charge is 2.46. The van der Waals surface area contributed by atoms with E-state index >= 15 is 0 Å². The van der Waals surface area contributed by atoms with E-state index in [1.54, 1.807) is 6.92 Å². The first-order chi connectivity index (χ1) is 10.3. The number of halogens is 3. The molecule has 2 aromatic rings. The molecule has 0 spiro atoms. The summed E-state index contributed by atoms with van der Waals surface area (Å²) in [6.07, 6.45) is -7.10. The Balaban J connectivity index is 2.21. The topological polar surface area (TPSA) is 48.4 Å². The molecule has 2 rings (SSSR count). The van der Waals surface area contributed by atoms with Crippen molar-refractivity contribution in [1.29, 1.82) is 0 Å². The number of alkyl halides is 3. The molecule has 1 atom stereocenters. The van der Waals surface area contributed by atoms with E-state index < -0.39 is 18.2 Å². The van der Waals surface area contributed by atoms with E-state index in [2.05, 4.69) is 9.72 Å². The lowest BCUT2D eigenvalue weighted by Gasteiger charge is -2.18. The van der Waals surface area contributed by atoms with Crippen molar-refractivity contribution in [3.63, 3.8) is 0 Å². The van der Waals surface area contributed by atoms with Crippen LogP contribution in [0.1, 0.15) is 27.2 Å². The fourth-order valence-electron chi connectivity index (χ4n) is 1.65. The maximum absolute atomic E-state index is 13.1. The second-order valence-electron chi connectivity index (χ2n) is 4.38. The van der Waals surface area contributed by atoms with E-state index in [0.29, 0.717) is 11.4 Å². The van der Waals surface area contributed by atoms with Crippen LogP contribution >= 0.6 is 11.3 Å². The second-order valence-corrected chi connectivity index (χ2v) is 5.27. The number of hydrogen-bond donors (Lipinski definition) is 0. The largest absolute Gasteiger partial charge is 0.497 e. The van der Waals surface area contributed by atoms with E-state index in [1.165, 1.54) is 36.8 Å². The van der Waals surface area contributed by atoms with Gasteiger partial charge in [-0.25, -0.2) is 9.78 Å². The summed E-state index contributed by atoms with van der Waals surface area (Å²) in [6, 6.07) is 5.60. The summed E-state index contributed by atoms with van der Waals surface area (Å²) < 4.78 is 48.8. The average molecular weight is 331 g/mol. The van der Waals surface area contributed by atoms with Gasteiger partial charge < -0.3 is 9.47 Å². The maximum Gasteiger partial charge on any atom is 0.432 e. The number of thiazole rings is 1. The fourth-order valence-corrected chi connectivity index (χ4v) is 2.50. The molecular weight excluding hydrogens is 319 g/mol. The van der Waals surface area contributed by atoms with Gasteiger partial charge in [0.05, 0.1) is 12.7 Å². The van der Waals surface area contributed by atoms with Gasteiger partial charge >= 0.3 is 12.1 Å². The van der Waals surface area contributed by atoms with Gasteiger partial charge in [-0.15, -0.1) is 11.3 Å². The lowest BCUT2D eigenvalue weighted by atomic mass is 10.2. The lowest BCUT2D eigenvalue weighted by molar-refractivity contribution is -0.207. The number of hydrogen-bond acceptors (Lipinski definition) is 5. The summed E-state index contributed by atoms with van der Waals surface area (Å²) in [5.41, 5.74) is 0.443. The molecule has 22 heavy (non-hydrogen) atoms. The van der Waals surface area contributed by atoms with Gasteiger partial charge in [-0.3, -0.25) is 0 Å². The molecule has 0 radical (unpaired) electrons. The minimum atomic E-state index is -4.73. The predicted molar refractivity (Wildman–Crippen MR) is 74.1 cm³/mol. The Morgan fingerprint density at radius 1 is 1.27 bits per heavy atom. The van der Waals surface area contributed by atoms with Crippen molar-refractivity contribution in [2.45, 2.75) is 19.2 Å². The van der Waals surface area contributed by atoms with Gasteiger partial charge in [0.15, 0.2) is 0 Å². The number of nitrogens with zero attached hydrogens (tertiary/aromatic N) is 1. The van der Waals surface area contributed by atoms with Crippen LogP contribution in [0.4, 0.5) is 13.2 Å². The van der Waals surface area contributed by atoms with Crippen LogP contribution in [0, 0.1) is 6.92 Å². The molecule has 0 aliphatic carbocycles. The van der Waals surface area contributed by atoms with Gasteiger partial charge in [-0.2, -0.15) is 13.2 Å². The van der Waals surface area contributed by atoms with Crippen LogP contribution < -0.4 is 4.74 Å². The van der Waals surface area contributed by atoms with E-state index in [1.807, 2.05) is 0 Å². The first-order valence-corrected chi connectivity index (χ1v) is 7.03. The van der Waals surface area contributed by atoms with Crippen LogP contribution in [-0.2, 0) is 4.74 Å². The summed E-state index contributed by atoms with van der Waals surface area (Å²) in [7, 11) is 1.44. The molecule has 1 heterocycles. The third kappa shape index (κ3) is 3.76. The molecule has 1 aromatic heterocycles. The molecule has 0 aliphatic rings. The third-order valence-electron chi connectivity index (χ3n) is 2.71. The summed E-state index contributed by atoms with van der Waals surface area (Å²) in [5, 5.41) is 1.17. The molecular formula is C14H12F3NO3S. The number of ether oxygens (including phenoxy) is 2. The molecule has 0 N–H and O–H groups in total. The zero-order chi connectivity index (χ0) is 16.3. The van der Waals surface area contributed by atoms with Gasteiger partial charge in [-0.1, -0.05) is 0 Å². The molecule has 118 valence electrons. The minimum Gasteiger partial charge on any atom is -0.497 e. The van der Waals surface area contributed by atoms with Crippen molar-refractivity contribution in [3.8, 4) is 5.75 Å². The SMILES string of the molecule is COc1ccc(C(=O)O[C@@H](c2nc(C)cs2)C(F)(F)F)cc1. The Bertz CT molecular complexity index is 652. The average Bonchev–Trinajstić information content (AvgIpc) is 2.89. The molecule has 0 unspecified atom stereocenters. The third-order valence-corrected chi connectivity index (χ3v) is 3.71. The smallest absolute Gasteiger partial charge is 0.432 e. The van der Waals surface area contributed by atoms with Crippen molar-refractivity contribution in [1.82, 2.24) is 4.98 Å². The van der Waals surface area contributed by atoms with Crippen molar-refractivity contribution in [2.24, 2.45) is 0 Å². The first kappa shape index (κ1) is 16.3. The second kappa shape index (κ2) is 6.35. The summed E-state index contributed by atoms with van der Waals surface area (Å²) in [5.74, 6) is -0.586. The number of aryl methyl sites for hydroxylation is 1. The number of esters is 1. The highest BCUT2D eigenvalue weighted by Crippen LogP contribution is 2.37. The monoisotopic (exact) mass is 331 g/mol. The number of carbonyl (C=O) groups is 1. The highest BCUT2D eigenvalue weighted by atomic mass is 32.1. The Morgan fingerprint density at radius 3 is 2.36 bits per heavy atom. The lowest BCUT2D eigenvalue weighted by Crippen LogP contribution is -2.26. The quantitative estimate of drug-likeness (QED) is 0.797. The molecule has 4 nitrogen and oxygen atoms in total. The normalized spacial score (nSPS) is 12.8. The molecule has 0 bridgehead atoms. The van der Waals surface area contributed by atoms with Crippen molar-refractivity contribution in [3.05, 3.63) is 45.9 Å². The summed E-state index contributed by atoms with van der Waals surface area (Å²) >= 11 is 0.799. The number of carbonyl (C=O) groups excluding carboxylic acids is 1.